The minimum absolute atomic E-state index is 0.250. The maximum absolute atomic E-state index is 13.1. The number of aromatic nitrogens is 2. The highest BCUT2D eigenvalue weighted by atomic mass is 19.2. The van der Waals surface area contributed by atoms with E-state index in [0.29, 0.717) is 12.8 Å². The van der Waals surface area contributed by atoms with Crippen molar-refractivity contribution < 1.29 is 13.2 Å². The fraction of sp³-hybridized carbons (Fsp3) is 0.308. The fourth-order valence-electron chi connectivity index (χ4n) is 1.88. The van der Waals surface area contributed by atoms with E-state index in [1.807, 2.05) is 6.20 Å². The van der Waals surface area contributed by atoms with Gasteiger partial charge in [-0.15, -0.1) is 0 Å². The maximum atomic E-state index is 13.1. The van der Waals surface area contributed by atoms with Crippen LogP contribution >= 0.6 is 0 Å². The van der Waals surface area contributed by atoms with E-state index in [1.54, 1.807) is 17.9 Å². The first-order valence-corrected chi connectivity index (χ1v) is 5.85. The molecule has 19 heavy (non-hydrogen) atoms. The molecule has 0 saturated carbocycles. The van der Waals surface area contributed by atoms with E-state index in [1.165, 1.54) is 0 Å². The van der Waals surface area contributed by atoms with Crippen LogP contribution in [0.15, 0.2) is 24.5 Å². The second-order valence-corrected chi connectivity index (χ2v) is 4.47. The minimum atomic E-state index is -1.47. The Morgan fingerprint density at radius 1 is 1.26 bits per heavy atom. The summed E-state index contributed by atoms with van der Waals surface area (Å²) in [4.78, 5) is 0. The van der Waals surface area contributed by atoms with E-state index in [-0.39, 0.29) is 5.56 Å². The first-order valence-electron chi connectivity index (χ1n) is 5.85. The molecule has 2 rings (SSSR count). The molecule has 1 atom stereocenters. The van der Waals surface area contributed by atoms with Gasteiger partial charge in [0.05, 0.1) is 6.20 Å². The summed E-state index contributed by atoms with van der Waals surface area (Å²) < 4.78 is 40.7. The second-order valence-electron chi connectivity index (χ2n) is 4.47. The Balaban J connectivity index is 2.05. The number of benzene rings is 1. The molecule has 0 spiro atoms. The average molecular weight is 269 g/mol. The highest BCUT2D eigenvalue weighted by Crippen LogP contribution is 2.21. The first-order chi connectivity index (χ1) is 8.97. The number of rotatable bonds is 4. The van der Waals surface area contributed by atoms with Gasteiger partial charge >= 0.3 is 0 Å². The van der Waals surface area contributed by atoms with Gasteiger partial charge in [0.1, 0.15) is 0 Å². The fourth-order valence-corrected chi connectivity index (χ4v) is 1.88. The molecule has 6 heteroatoms. The molecule has 102 valence electrons. The largest absolute Gasteiger partial charge is 0.324 e. The highest BCUT2D eigenvalue weighted by Gasteiger charge is 2.14. The Hall–Kier alpha value is -1.82. The number of aryl methyl sites for hydroxylation is 2. The van der Waals surface area contributed by atoms with Gasteiger partial charge in [-0.3, -0.25) is 4.68 Å². The van der Waals surface area contributed by atoms with E-state index < -0.39 is 23.5 Å². The number of halogens is 3. The molecule has 0 amide bonds. The summed E-state index contributed by atoms with van der Waals surface area (Å²) in [6.45, 7) is 0. The van der Waals surface area contributed by atoms with Gasteiger partial charge in [-0.1, -0.05) is 0 Å². The van der Waals surface area contributed by atoms with Gasteiger partial charge in [0, 0.05) is 19.3 Å². The van der Waals surface area contributed by atoms with Crippen LogP contribution in [0.3, 0.4) is 0 Å². The Kier molecular flexibility index (Phi) is 3.90. The summed E-state index contributed by atoms with van der Waals surface area (Å²) >= 11 is 0. The van der Waals surface area contributed by atoms with Gasteiger partial charge < -0.3 is 5.73 Å². The van der Waals surface area contributed by atoms with Crippen LogP contribution in [0.5, 0.6) is 0 Å². The Labute approximate surface area is 108 Å². The predicted molar refractivity (Wildman–Crippen MR) is 64.8 cm³/mol. The van der Waals surface area contributed by atoms with E-state index in [2.05, 4.69) is 5.10 Å². The SMILES string of the molecule is Cn1cc(CCC(N)c2cc(F)c(F)c(F)c2)cn1. The lowest BCUT2D eigenvalue weighted by Gasteiger charge is -2.12. The van der Waals surface area contributed by atoms with Crippen LogP contribution in [0.4, 0.5) is 13.2 Å². The molecule has 0 aliphatic carbocycles. The molecular formula is C13H14F3N3. The summed E-state index contributed by atoms with van der Waals surface area (Å²) in [6.07, 6.45) is 4.68. The molecule has 0 aliphatic rings. The van der Waals surface area contributed by atoms with Gasteiger partial charge in [-0.05, 0) is 36.1 Å². The normalized spacial score (nSPS) is 12.7. The molecular weight excluding hydrogens is 255 g/mol. The van der Waals surface area contributed by atoms with Gasteiger partial charge in [0.25, 0.3) is 0 Å². The summed E-state index contributed by atoms with van der Waals surface area (Å²) in [6, 6.07) is 1.32. The Bertz CT molecular complexity index is 557. The lowest BCUT2D eigenvalue weighted by Crippen LogP contribution is -2.12. The van der Waals surface area contributed by atoms with Crippen LogP contribution in [0.1, 0.15) is 23.6 Å². The highest BCUT2D eigenvalue weighted by molar-refractivity contribution is 5.22. The van der Waals surface area contributed by atoms with Gasteiger partial charge in [-0.25, -0.2) is 13.2 Å². The molecule has 0 fully saturated rings. The van der Waals surface area contributed by atoms with E-state index in [9.17, 15) is 13.2 Å². The van der Waals surface area contributed by atoms with Crippen molar-refractivity contribution in [2.24, 2.45) is 12.8 Å². The number of hydrogen-bond donors (Lipinski definition) is 1. The van der Waals surface area contributed by atoms with Crippen molar-refractivity contribution >= 4 is 0 Å². The summed E-state index contributed by atoms with van der Waals surface area (Å²) in [7, 11) is 1.80. The smallest absolute Gasteiger partial charge is 0.194 e. The van der Waals surface area contributed by atoms with Crippen LogP contribution in [-0.2, 0) is 13.5 Å². The minimum Gasteiger partial charge on any atom is -0.324 e. The average Bonchev–Trinajstić information content (AvgIpc) is 2.78. The number of hydrogen-bond acceptors (Lipinski definition) is 2. The Morgan fingerprint density at radius 3 is 2.42 bits per heavy atom. The van der Waals surface area contributed by atoms with Crippen molar-refractivity contribution in [1.29, 1.82) is 0 Å². The second kappa shape index (κ2) is 5.44. The molecule has 0 aliphatic heterocycles. The molecule has 0 radical (unpaired) electrons. The van der Waals surface area contributed by atoms with Crippen LogP contribution in [0.25, 0.3) is 0 Å². The molecule has 0 saturated heterocycles. The zero-order valence-electron chi connectivity index (χ0n) is 10.4. The zero-order chi connectivity index (χ0) is 14.0. The van der Waals surface area contributed by atoms with Crippen LogP contribution in [-0.4, -0.2) is 9.78 Å². The summed E-state index contributed by atoms with van der Waals surface area (Å²) in [5.74, 6) is -3.90. The van der Waals surface area contributed by atoms with Crippen molar-refractivity contribution in [3.63, 3.8) is 0 Å². The third-order valence-electron chi connectivity index (χ3n) is 2.94. The van der Waals surface area contributed by atoms with Crippen LogP contribution in [0.2, 0.25) is 0 Å². The van der Waals surface area contributed by atoms with Crippen LogP contribution in [0, 0.1) is 17.5 Å². The van der Waals surface area contributed by atoms with Crippen molar-refractivity contribution in [1.82, 2.24) is 9.78 Å². The monoisotopic (exact) mass is 269 g/mol. The zero-order valence-corrected chi connectivity index (χ0v) is 10.4. The number of nitrogens with zero attached hydrogens (tertiary/aromatic N) is 2. The molecule has 1 aromatic carbocycles. The topological polar surface area (TPSA) is 43.8 Å². The molecule has 3 nitrogen and oxygen atoms in total. The summed E-state index contributed by atoms with van der Waals surface area (Å²) in [5, 5.41) is 4.01. The van der Waals surface area contributed by atoms with Crippen molar-refractivity contribution in [3.05, 3.63) is 53.1 Å². The lowest BCUT2D eigenvalue weighted by molar-refractivity contribution is 0.442. The third-order valence-corrected chi connectivity index (χ3v) is 2.94. The first kappa shape index (κ1) is 13.6. The lowest BCUT2D eigenvalue weighted by atomic mass is 10.0. The molecule has 1 heterocycles. The third kappa shape index (κ3) is 3.14. The van der Waals surface area contributed by atoms with Crippen molar-refractivity contribution in [3.8, 4) is 0 Å². The quantitative estimate of drug-likeness (QED) is 0.866. The number of nitrogens with two attached hydrogens (primary N) is 1. The van der Waals surface area contributed by atoms with Gasteiger partial charge in [-0.2, -0.15) is 5.10 Å². The Morgan fingerprint density at radius 2 is 1.89 bits per heavy atom. The predicted octanol–water partition coefficient (Wildman–Crippen LogP) is 2.47. The van der Waals surface area contributed by atoms with E-state index >= 15 is 0 Å². The van der Waals surface area contributed by atoms with E-state index in [4.69, 9.17) is 5.73 Å². The molecule has 2 N–H and O–H groups in total. The van der Waals surface area contributed by atoms with Gasteiger partial charge in [0.15, 0.2) is 17.5 Å². The summed E-state index contributed by atoms with van der Waals surface area (Å²) in [5.41, 5.74) is 7.09. The van der Waals surface area contributed by atoms with E-state index in [0.717, 1.165) is 17.7 Å². The molecule has 0 bridgehead atoms. The standard InChI is InChI=1S/C13H14F3N3/c1-19-7-8(6-18-19)2-3-12(17)9-4-10(14)13(16)11(15)5-9/h4-7,12H,2-3,17H2,1H3. The molecule has 1 aromatic heterocycles. The van der Waals surface area contributed by atoms with Gasteiger partial charge in [0.2, 0.25) is 0 Å². The molecule has 1 unspecified atom stereocenters. The van der Waals surface area contributed by atoms with Crippen LogP contribution < -0.4 is 5.73 Å². The van der Waals surface area contributed by atoms with Crippen molar-refractivity contribution in [2.75, 3.05) is 0 Å². The molecule has 2 aromatic rings. The van der Waals surface area contributed by atoms with Crippen molar-refractivity contribution in [2.45, 2.75) is 18.9 Å². The maximum Gasteiger partial charge on any atom is 0.194 e.